The lowest BCUT2D eigenvalue weighted by atomic mass is 10.1. The van der Waals surface area contributed by atoms with E-state index in [2.05, 4.69) is 15.9 Å². The van der Waals surface area contributed by atoms with Crippen LogP contribution in [0.1, 0.15) is 0 Å². The summed E-state index contributed by atoms with van der Waals surface area (Å²) in [5.74, 6) is -7.87. The smallest absolute Gasteiger partial charge is 0.320 e. The van der Waals surface area contributed by atoms with Gasteiger partial charge in [0.25, 0.3) is 0 Å². The highest BCUT2D eigenvalue weighted by molar-refractivity contribution is 9.10. The number of anilines is 1. The number of hydrogen-bond donors (Lipinski definition) is 1. The van der Waals surface area contributed by atoms with Crippen LogP contribution in [0.4, 0.5) is 27.6 Å². The Kier molecular flexibility index (Phi) is 3.92. The summed E-state index contributed by atoms with van der Waals surface area (Å²) in [5, 5.41) is 2.55. The van der Waals surface area contributed by atoms with E-state index in [1.54, 1.807) is 23.5 Å². The molecular formula is C13H7BrF5NO. The number of halogens is 6. The Balaban J connectivity index is 2.42. The van der Waals surface area contributed by atoms with Crippen molar-refractivity contribution in [3.05, 3.63) is 40.9 Å². The number of carbonyl (C=O) groups excluding carboxylic acids is 1. The van der Waals surface area contributed by atoms with Gasteiger partial charge in [-0.2, -0.15) is 22.0 Å². The molecule has 2 aromatic carbocycles. The maximum atomic E-state index is 12.9. The largest absolute Gasteiger partial charge is 0.463 e. The minimum absolute atomic E-state index is 0.122. The molecule has 0 saturated carbocycles. The topological polar surface area (TPSA) is 29.1 Å². The third kappa shape index (κ3) is 2.85. The zero-order chi connectivity index (χ0) is 15.8. The monoisotopic (exact) mass is 367 g/mol. The number of benzene rings is 2. The van der Waals surface area contributed by atoms with Crippen molar-refractivity contribution in [3.63, 3.8) is 0 Å². The molecule has 0 aliphatic heterocycles. The molecule has 2 rings (SSSR count). The van der Waals surface area contributed by atoms with Crippen LogP contribution in [0.15, 0.2) is 40.9 Å². The predicted molar refractivity (Wildman–Crippen MR) is 71.3 cm³/mol. The third-order valence-corrected chi connectivity index (χ3v) is 3.45. The first-order valence-corrected chi connectivity index (χ1v) is 6.37. The molecule has 0 aromatic heterocycles. The number of nitrogens with one attached hydrogen (secondary N) is 1. The summed E-state index contributed by atoms with van der Waals surface area (Å²) < 4.78 is 62.9. The van der Waals surface area contributed by atoms with Gasteiger partial charge in [0.2, 0.25) is 0 Å². The zero-order valence-electron chi connectivity index (χ0n) is 10.1. The van der Waals surface area contributed by atoms with Crippen LogP contribution in [-0.4, -0.2) is 18.0 Å². The van der Waals surface area contributed by atoms with E-state index in [0.29, 0.717) is 15.2 Å². The summed E-state index contributed by atoms with van der Waals surface area (Å²) in [7, 11) is 0. The van der Waals surface area contributed by atoms with Crippen LogP contribution in [0.5, 0.6) is 0 Å². The van der Waals surface area contributed by atoms with E-state index in [0.717, 1.165) is 0 Å². The fourth-order valence-electron chi connectivity index (χ4n) is 1.70. The molecule has 0 saturated heterocycles. The lowest BCUT2D eigenvalue weighted by Crippen LogP contribution is -2.47. The van der Waals surface area contributed by atoms with E-state index in [9.17, 15) is 26.7 Å². The highest BCUT2D eigenvalue weighted by Gasteiger charge is 2.63. The Morgan fingerprint density at radius 1 is 0.952 bits per heavy atom. The molecule has 0 heterocycles. The van der Waals surface area contributed by atoms with Crippen molar-refractivity contribution in [2.75, 3.05) is 5.32 Å². The molecule has 1 N–H and O–H groups in total. The first-order valence-electron chi connectivity index (χ1n) is 5.58. The van der Waals surface area contributed by atoms with Gasteiger partial charge in [-0.3, -0.25) is 4.79 Å². The van der Waals surface area contributed by atoms with Crippen LogP contribution >= 0.6 is 15.9 Å². The maximum absolute atomic E-state index is 12.9. The van der Waals surface area contributed by atoms with E-state index < -0.39 is 18.0 Å². The molecule has 8 heteroatoms. The second kappa shape index (κ2) is 5.25. The Hall–Kier alpha value is -1.70. The van der Waals surface area contributed by atoms with Crippen molar-refractivity contribution in [1.82, 2.24) is 0 Å². The lowest BCUT2D eigenvalue weighted by Gasteiger charge is -2.19. The van der Waals surface area contributed by atoms with Crippen molar-refractivity contribution in [1.29, 1.82) is 0 Å². The van der Waals surface area contributed by atoms with Gasteiger partial charge < -0.3 is 5.32 Å². The molecule has 21 heavy (non-hydrogen) atoms. The second-order valence-electron chi connectivity index (χ2n) is 4.17. The Bertz CT molecular complexity index is 699. The van der Waals surface area contributed by atoms with Gasteiger partial charge in [0, 0.05) is 15.5 Å². The third-order valence-electron chi connectivity index (χ3n) is 2.76. The van der Waals surface area contributed by atoms with Crippen molar-refractivity contribution < 1.29 is 26.7 Å². The van der Waals surface area contributed by atoms with Crippen LogP contribution in [0, 0.1) is 0 Å². The molecule has 0 bridgehead atoms. The van der Waals surface area contributed by atoms with Crippen LogP contribution < -0.4 is 5.32 Å². The summed E-state index contributed by atoms with van der Waals surface area (Å²) in [6.45, 7) is 0. The molecule has 0 fully saturated rings. The average molecular weight is 368 g/mol. The quantitative estimate of drug-likeness (QED) is 0.763. The first-order chi connectivity index (χ1) is 9.64. The Morgan fingerprint density at radius 2 is 1.52 bits per heavy atom. The summed E-state index contributed by atoms with van der Waals surface area (Å²) in [5.41, 5.74) is -0.122. The standard InChI is InChI=1S/C13H7BrF5NO/c14-9-5-6-10(8-4-2-1-3-7(8)9)20-11(21)12(15,16)13(17,18)19/h1-6H,(H,20,21). The minimum Gasteiger partial charge on any atom is -0.320 e. The summed E-state index contributed by atoms with van der Waals surface area (Å²) in [4.78, 5) is 11.2. The first kappa shape index (κ1) is 15.7. The van der Waals surface area contributed by atoms with Gasteiger partial charge in [-0.1, -0.05) is 40.2 Å². The van der Waals surface area contributed by atoms with Crippen LogP contribution in [-0.2, 0) is 4.79 Å². The number of hydrogen-bond acceptors (Lipinski definition) is 1. The number of rotatable bonds is 2. The number of alkyl halides is 5. The lowest BCUT2D eigenvalue weighted by molar-refractivity contribution is -0.267. The van der Waals surface area contributed by atoms with Crippen LogP contribution in [0.3, 0.4) is 0 Å². The van der Waals surface area contributed by atoms with E-state index in [1.807, 2.05) is 0 Å². The van der Waals surface area contributed by atoms with Crippen molar-refractivity contribution in [2.45, 2.75) is 12.1 Å². The zero-order valence-corrected chi connectivity index (χ0v) is 11.7. The molecule has 0 unspecified atom stereocenters. The van der Waals surface area contributed by atoms with Gasteiger partial charge in [-0.15, -0.1) is 0 Å². The molecular weight excluding hydrogens is 361 g/mol. The van der Waals surface area contributed by atoms with Crippen LogP contribution in [0.25, 0.3) is 10.8 Å². The molecule has 0 atom stereocenters. The van der Waals surface area contributed by atoms with Gasteiger partial charge in [0.15, 0.2) is 0 Å². The molecule has 2 aromatic rings. The van der Waals surface area contributed by atoms with Crippen molar-refractivity contribution >= 4 is 38.3 Å². The SMILES string of the molecule is O=C(Nc1ccc(Br)c2ccccc12)C(F)(F)C(F)(F)F. The maximum Gasteiger partial charge on any atom is 0.463 e. The Labute approximate surface area is 124 Å². The fraction of sp³-hybridized carbons (Fsp3) is 0.154. The normalized spacial score (nSPS) is 12.5. The number of fused-ring (bicyclic) bond motifs is 1. The highest BCUT2D eigenvalue weighted by atomic mass is 79.9. The molecule has 0 spiro atoms. The van der Waals surface area contributed by atoms with E-state index >= 15 is 0 Å². The predicted octanol–water partition coefficient (Wildman–Crippen LogP) is 4.74. The van der Waals surface area contributed by atoms with Gasteiger partial charge in [-0.25, -0.2) is 0 Å². The van der Waals surface area contributed by atoms with Gasteiger partial charge in [0.05, 0.1) is 0 Å². The fourth-order valence-corrected chi connectivity index (χ4v) is 2.18. The highest BCUT2D eigenvalue weighted by Crippen LogP contribution is 2.37. The second-order valence-corrected chi connectivity index (χ2v) is 5.02. The van der Waals surface area contributed by atoms with Gasteiger partial charge >= 0.3 is 18.0 Å². The average Bonchev–Trinajstić information content (AvgIpc) is 2.41. The van der Waals surface area contributed by atoms with Gasteiger partial charge in [-0.05, 0) is 17.5 Å². The molecule has 112 valence electrons. The summed E-state index contributed by atoms with van der Waals surface area (Å²) in [6.07, 6.45) is -5.94. The molecule has 1 amide bonds. The van der Waals surface area contributed by atoms with Crippen molar-refractivity contribution in [2.24, 2.45) is 0 Å². The molecule has 2 nitrogen and oxygen atoms in total. The minimum atomic E-state index is -5.94. The molecule has 0 aliphatic carbocycles. The van der Waals surface area contributed by atoms with E-state index in [4.69, 9.17) is 0 Å². The summed E-state index contributed by atoms with van der Waals surface area (Å²) >= 11 is 3.23. The van der Waals surface area contributed by atoms with Gasteiger partial charge in [0.1, 0.15) is 0 Å². The molecule has 0 aliphatic rings. The summed E-state index contributed by atoms with van der Waals surface area (Å²) in [6, 6.07) is 9.08. The number of amides is 1. The van der Waals surface area contributed by atoms with E-state index in [1.165, 1.54) is 18.2 Å². The van der Waals surface area contributed by atoms with E-state index in [-0.39, 0.29) is 5.69 Å². The Morgan fingerprint density at radius 3 is 2.10 bits per heavy atom. The molecule has 0 radical (unpaired) electrons. The van der Waals surface area contributed by atoms with Crippen LogP contribution in [0.2, 0.25) is 0 Å². The van der Waals surface area contributed by atoms with Crippen molar-refractivity contribution in [3.8, 4) is 0 Å². The number of carbonyl (C=O) groups is 1.